The Bertz CT molecular complexity index is 1030. The maximum Gasteiger partial charge on any atom is 0.0425 e. The van der Waals surface area contributed by atoms with Crippen LogP contribution in [-0.2, 0) is 21.7 Å². The van der Waals surface area contributed by atoms with E-state index in [1.165, 1.54) is 73.8 Å². The maximum atomic E-state index is 5.51. The first kappa shape index (κ1) is 38.4. The van der Waals surface area contributed by atoms with Crippen LogP contribution in [0, 0.1) is 17.8 Å². The van der Waals surface area contributed by atoms with Crippen molar-refractivity contribution in [2.75, 3.05) is 18.5 Å². The van der Waals surface area contributed by atoms with Gasteiger partial charge in [0, 0.05) is 33.8 Å². The summed E-state index contributed by atoms with van der Waals surface area (Å²) in [5.41, 5.74) is 3.81. The van der Waals surface area contributed by atoms with Crippen molar-refractivity contribution in [1.29, 1.82) is 0 Å². The molecule has 0 aromatic heterocycles. The van der Waals surface area contributed by atoms with Crippen LogP contribution in [0.25, 0.3) is 12.2 Å². The zero-order valence-electron chi connectivity index (χ0n) is 27.5. The van der Waals surface area contributed by atoms with Crippen molar-refractivity contribution in [2.45, 2.75) is 86.5 Å². The van der Waals surface area contributed by atoms with Gasteiger partial charge < -0.3 is 0 Å². The van der Waals surface area contributed by atoms with E-state index >= 15 is 0 Å². The van der Waals surface area contributed by atoms with Crippen LogP contribution in [0.3, 0.4) is 0 Å². The predicted octanol–water partition coefficient (Wildman–Crippen LogP) is 12.8. The van der Waals surface area contributed by atoms with Gasteiger partial charge in [-0.15, -0.1) is 0 Å². The van der Waals surface area contributed by atoms with Gasteiger partial charge in [0.2, 0.25) is 0 Å². The zero-order valence-corrected chi connectivity index (χ0v) is 30.0. The molecule has 0 radical (unpaired) electrons. The fourth-order valence-corrected chi connectivity index (χ4v) is 9.09. The molecular formula is C39H58NPTi. The van der Waals surface area contributed by atoms with E-state index < -0.39 is 7.05 Å². The second-order valence-electron chi connectivity index (χ2n) is 12.8. The molecular weight excluding hydrogens is 561 g/mol. The van der Waals surface area contributed by atoms with Gasteiger partial charge in [-0.2, -0.15) is 0 Å². The number of hydrogen-bond donors (Lipinski definition) is 0. The smallest absolute Gasteiger partial charge is 0.0425 e. The average molecular weight is 620 g/mol. The van der Waals surface area contributed by atoms with Crippen molar-refractivity contribution in [2.24, 2.45) is 22.5 Å². The van der Waals surface area contributed by atoms with Gasteiger partial charge in [-0.25, -0.2) is 0 Å². The second-order valence-corrected chi connectivity index (χ2v) is 16.5. The molecule has 0 saturated carbocycles. The number of benzene rings is 2. The zero-order chi connectivity index (χ0) is 29.8. The van der Waals surface area contributed by atoms with Crippen molar-refractivity contribution in [3.05, 3.63) is 108 Å². The molecule has 0 unspecified atom stereocenters. The van der Waals surface area contributed by atoms with Crippen LogP contribution >= 0.6 is 7.05 Å². The van der Waals surface area contributed by atoms with E-state index in [0.29, 0.717) is 0 Å². The summed E-state index contributed by atoms with van der Waals surface area (Å²) in [5.74, 6) is 2.46. The van der Waals surface area contributed by atoms with E-state index in [9.17, 15) is 0 Å². The normalized spacial score (nSPS) is 13.1. The van der Waals surface area contributed by atoms with E-state index in [0.717, 1.165) is 24.2 Å². The first-order valence-corrected chi connectivity index (χ1v) is 18.5. The molecule has 42 heavy (non-hydrogen) atoms. The average Bonchev–Trinajstić information content (AvgIpc) is 3.45. The minimum absolute atomic E-state index is 0. The maximum absolute atomic E-state index is 5.51. The van der Waals surface area contributed by atoms with Gasteiger partial charge in [0.15, 0.2) is 0 Å². The van der Waals surface area contributed by atoms with Crippen molar-refractivity contribution in [3.8, 4) is 0 Å². The molecule has 0 heterocycles. The van der Waals surface area contributed by atoms with E-state index in [4.69, 9.17) is 4.74 Å². The Kier molecular flexibility index (Phi) is 20.9. The summed E-state index contributed by atoms with van der Waals surface area (Å²) in [7, 11) is -1.20. The number of rotatable bonds is 16. The van der Waals surface area contributed by atoms with Crippen LogP contribution < -0.4 is 0 Å². The Morgan fingerprint density at radius 2 is 1.05 bits per heavy atom. The largest absolute Gasteiger partial charge is 0.272 e. The molecule has 228 valence electrons. The molecule has 2 aromatic carbocycles. The Balaban J connectivity index is 0.000000446. The minimum Gasteiger partial charge on any atom is -0.272 e. The van der Waals surface area contributed by atoms with Gasteiger partial charge in [-0.1, -0.05) is 158 Å². The van der Waals surface area contributed by atoms with Crippen LogP contribution in [0.15, 0.2) is 101 Å². The molecule has 0 amide bonds. The molecule has 1 aliphatic rings. The van der Waals surface area contributed by atoms with Crippen molar-refractivity contribution in [3.63, 3.8) is 0 Å². The number of allylic oxidation sites excluding steroid dienone is 5. The van der Waals surface area contributed by atoms with Crippen molar-refractivity contribution >= 4 is 19.2 Å². The summed E-state index contributed by atoms with van der Waals surface area (Å²) in [5, 5.41) is 0. The van der Waals surface area contributed by atoms with Gasteiger partial charge in [0.25, 0.3) is 0 Å². The first-order valence-electron chi connectivity index (χ1n) is 16.2. The Labute approximate surface area is 275 Å². The first-order chi connectivity index (χ1) is 19.8. The van der Waals surface area contributed by atoms with E-state index in [-0.39, 0.29) is 21.7 Å². The third-order valence-corrected chi connectivity index (χ3v) is 11.6. The molecule has 0 N–H and O–H groups in total. The fourth-order valence-electron chi connectivity index (χ4n) is 5.11. The fraction of sp³-hybridized carbons (Fsp3) is 0.487. The summed E-state index contributed by atoms with van der Waals surface area (Å²) < 4.78 is 5.51. The molecule has 0 fully saturated rings. The standard InChI is InChI=1S/C23H44NP.C16H14.Ti/c1-20(2)12-9-17-25(18-10-13-21(3)4,19-11-14-22(5)6)24-23-15-7-8-16-23;1-3-9-15(10-4-1)13-7-8-14-16-11-5-2-6-12-16;/h7-8,15,20-22H,9-14,16-19H2,1-6H3;1-14H;. The molecule has 3 rings (SSSR count). The summed E-state index contributed by atoms with van der Waals surface area (Å²) in [6, 6.07) is 20.6. The van der Waals surface area contributed by atoms with Crippen LogP contribution in [0.1, 0.15) is 97.6 Å². The van der Waals surface area contributed by atoms with E-state index in [1.807, 2.05) is 36.4 Å². The van der Waals surface area contributed by atoms with Gasteiger partial charge >= 0.3 is 0 Å². The minimum atomic E-state index is -1.20. The predicted molar refractivity (Wildman–Crippen MR) is 189 cm³/mol. The molecule has 3 heteroatoms. The quantitative estimate of drug-likeness (QED) is 0.101. The third-order valence-electron chi connectivity index (χ3n) is 7.45. The SMILES string of the molecule is C(C=Cc1ccccc1)=Cc1ccccc1.CC(C)CCCP(CCCC(C)C)(CCCC(C)C)=NC1=CC=CC1.[Ti]. The van der Waals surface area contributed by atoms with Crippen molar-refractivity contribution in [1.82, 2.24) is 0 Å². The summed E-state index contributed by atoms with van der Waals surface area (Å²) in [6.07, 6.45) is 28.5. The summed E-state index contributed by atoms with van der Waals surface area (Å²) >= 11 is 0. The second kappa shape index (κ2) is 22.8. The van der Waals surface area contributed by atoms with Crippen LogP contribution in [0.2, 0.25) is 0 Å². The molecule has 2 aromatic rings. The van der Waals surface area contributed by atoms with Crippen LogP contribution in [0.5, 0.6) is 0 Å². The van der Waals surface area contributed by atoms with Gasteiger partial charge in [0.1, 0.15) is 0 Å². The molecule has 1 nitrogen and oxygen atoms in total. The van der Waals surface area contributed by atoms with Crippen molar-refractivity contribution < 1.29 is 21.7 Å². The van der Waals surface area contributed by atoms with E-state index in [1.54, 1.807) is 0 Å². The molecule has 0 saturated heterocycles. The Morgan fingerprint density at radius 3 is 1.38 bits per heavy atom. The topological polar surface area (TPSA) is 12.4 Å². The number of hydrogen-bond acceptors (Lipinski definition) is 1. The van der Waals surface area contributed by atoms with Gasteiger partial charge in [0.05, 0.1) is 0 Å². The van der Waals surface area contributed by atoms with Crippen LogP contribution in [-0.4, -0.2) is 18.5 Å². The molecule has 0 aliphatic heterocycles. The molecule has 0 spiro atoms. The van der Waals surface area contributed by atoms with E-state index in [2.05, 4.69) is 108 Å². The summed E-state index contributed by atoms with van der Waals surface area (Å²) in [6.45, 7) is 14.2. The Hall–Kier alpha value is -1.66. The van der Waals surface area contributed by atoms with Gasteiger partial charge in [-0.05, 0) is 79.8 Å². The van der Waals surface area contributed by atoms with Crippen LogP contribution in [0.4, 0.5) is 0 Å². The monoisotopic (exact) mass is 619 g/mol. The molecule has 1 aliphatic carbocycles. The molecule has 0 bridgehead atoms. The summed E-state index contributed by atoms with van der Waals surface area (Å²) in [4.78, 5) is 0. The Morgan fingerprint density at radius 1 is 0.643 bits per heavy atom. The number of nitrogens with zero attached hydrogens (tertiary/aromatic N) is 1. The molecule has 0 atom stereocenters. The van der Waals surface area contributed by atoms with Gasteiger partial charge in [-0.3, -0.25) is 4.74 Å². The third kappa shape index (κ3) is 18.1.